The maximum absolute atomic E-state index is 5.35. The molecule has 1 fully saturated rings. The normalized spacial score (nSPS) is 15.7. The first-order valence-electron chi connectivity index (χ1n) is 7.70. The van der Waals surface area contributed by atoms with E-state index >= 15 is 0 Å². The molecular formula is C16H27IN4O2. The molecule has 2 N–H and O–H groups in total. The largest absolute Gasteiger partial charge is 0.496 e. The number of hydrogen-bond donors (Lipinski definition) is 2. The quantitative estimate of drug-likeness (QED) is 0.402. The molecule has 6 nitrogen and oxygen atoms in total. The van der Waals surface area contributed by atoms with Crippen molar-refractivity contribution in [3.8, 4) is 5.75 Å². The average Bonchev–Trinajstić information content (AvgIpc) is 2.59. The second-order valence-corrected chi connectivity index (χ2v) is 5.12. The van der Waals surface area contributed by atoms with Gasteiger partial charge in [-0.25, -0.2) is 0 Å². The molecule has 0 aromatic heterocycles. The third-order valence-corrected chi connectivity index (χ3v) is 3.69. The van der Waals surface area contributed by atoms with Gasteiger partial charge < -0.3 is 20.1 Å². The summed E-state index contributed by atoms with van der Waals surface area (Å²) < 4.78 is 10.7. The van der Waals surface area contributed by atoms with E-state index in [1.165, 1.54) is 0 Å². The summed E-state index contributed by atoms with van der Waals surface area (Å²) in [4.78, 5) is 6.64. The van der Waals surface area contributed by atoms with Crippen molar-refractivity contribution in [1.82, 2.24) is 15.5 Å². The topological polar surface area (TPSA) is 58.1 Å². The number of guanidine groups is 1. The van der Waals surface area contributed by atoms with Gasteiger partial charge in [0.1, 0.15) is 5.75 Å². The molecule has 1 aliphatic heterocycles. The number of benzene rings is 1. The van der Waals surface area contributed by atoms with Gasteiger partial charge in [-0.1, -0.05) is 18.2 Å². The summed E-state index contributed by atoms with van der Waals surface area (Å²) in [7, 11) is 3.47. The van der Waals surface area contributed by atoms with E-state index in [0.29, 0.717) is 6.54 Å². The Morgan fingerprint density at radius 2 is 2.00 bits per heavy atom. The molecule has 1 saturated heterocycles. The third-order valence-electron chi connectivity index (χ3n) is 3.69. The summed E-state index contributed by atoms with van der Waals surface area (Å²) >= 11 is 0. The van der Waals surface area contributed by atoms with Crippen LogP contribution in [0.25, 0.3) is 0 Å². The predicted octanol–water partition coefficient (Wildman–Crippen LogP) is 1.31. The Labute approximate surface area is 155 Å². The van der Waals surface area contributed by atoms with E-state index in [-0.39, 0.29) is 24.0 Å². The molecule has 0 aliphatic carbocycles. The van der Waals surface area contributed by atoms with Gasteiger partial charge in [-0.15, -0.1) is 24.0 Å². The summed E-state index contributed by atoms with van der Waals surface area (Å²) in [6, 6.07) is 7.99. The Morgan fingerprint density at radius 1 is 1.26 bits per heavy atom. The number of ether oxygens (including phenoxy) is 2. The fourth-order valence-corrected chi connectivity index (χ4v) is 2.41. The van der Waals surface area contributed by atoms with Crippen LogP contribution in [0.3, 0.4) is 0 Å². The van der Waals surface area contributed by atoms with Gasteiger partial charge in [0.05, 0.1) is 20.3 Å². The standard InChI is InChI=1S/C16H26N4O2.HI/c1-17-16(18-7-8-20-9-11-22-12-10-20)19-13-14-5-3-4-6-15(14)21-2;/h3-6H,7-13H2,1-2H3,(H2,17,18,19);1H. The second kappa shape index (κ2) is 11.5. The molecule has 130 valence electrons. The highest BCUT2D eigenvalue weighted by atomic mass is 127. The van der Waals surface area contributed by atoms with Crippen LogP contribution in [0.4, 0.5) is 0 Å². The lowest BCUT2D eigenvalue weighted by Crippen LogP contribution is -2.44. The number of nitrogens with zero attached hydrogens (tertiary/aromatic N) is 2. The van der Waals surface area contributed by atoms with Gasteiger partial charge in [0, 0.05) is 45.3 Å². The zero-order valence-corrected chi connectivity index (χ0v) is 16.2. The van der Waals surface area contributed by atoms with Crippen molar-refractivity contribution < 1.29 is 9.47 Å². The van der Waals surface area contributed by atoms with E-state index in [9.17, 15) is 0 Å². The zero-order valence-electron chi connectivity index (χ0n) is 13.9. The maximum atomic E-state index is 5.35. The summed E-state index contributed by atoms with van der Waals surface area (Å²) in [6.07, 6.45) is 0. The monoisotopic (exact) mass is 434 g/mol. The summed E-state index contributed by atoms with van der Waals surface area (Å²) in [5.74, 6) is 1.69. The lowest BCUT2D eigenvalue weighted by Gasteiger charge is -2.26. The second-order valence-electron chi connectivity index (χ2n) is 5.12. The Morgan fingerprint density at radius 3 is 2.70 bits per heavy atom. The number of rotatable bonds is 6. The average molecular weight is 434 g/mol. The van der Waals surface area contributed by atoms with Gasteiger partial charge >= 0.3 is 0 Å². The number of nitrogens with one attached hydrogen (secondary N) is 2. The lowest BCUT2D eigenvalue weighted by atomic mass is 10.2. The van der Waals surface area contributed by atoms with E-state index in [2.05, 4.69) is 20.5 Å². The third kappa shape index (κ3) is 6.92. The Balaban J connectivity index is 0.00000264. The molecule has 0 spiro atoms. The minimum atomic E-state index is 0. The van der Waals surface area contributed by atoms with Crippen LogP contribution in [0.5, 0.6) is 5.75 Å². The Hall–Kier alpha value is -1.06. The molecule has 1 aromatic carbocycles. The smallest absolute Gasteiger partial charge is 0.191 e. The SMILES string of the molecule is CN=C(NCCN1CCOCC1)NCc1ccccc1OC.I. The van der Waals surface area contributed by atoms with Crippen molar-refractivity contribution in [1.29, 1.82) is 0 Å². The van der Waals surface area contributed by atoms with Crippen molar-refractivity contribution in [3.63, 3.8) is 0 Å². The molecule has 0 radical (unpaired) electrons. The van der Waals surface area contributed by atoms with E-state index in [0.717, 1.165) is 56.7 Å². The Kier molecular flexibility index (Phi) is 9.97. The van der Waals surface area contributed by atoms with Crippen LogP contribution < -0.4 is 15.4 Å². The molecule has 0 amide bonds. The number of para-hydroxylation sites is 1. The number of aliphatic imine (C=N–C) groups is 1. The Bertz CT molecular complexity index is 479. The molecule has 0 unspecified atom stereocenters. The summed E-state index contributed by atoms with van der Waals surface area (Å²) in [5.41, 5.74) is 1.11. The highest BCUT2D eigenvalue weighted by Crippen LogP contribution is 2.16. The molecule has 7 heteroatoms. The van der Waals surface area contributed by atoms with Crippen LogP contribution in [0.15, 0.2) is 29.3 Å². The van der Waals surface area contributed by atoms with Crippen LogP contribution in [-0.4, -0.2) is 64.4 Å². The van der Waals surface area contributed by atoms with Crippen LogP contribution in [0.1, 0.15) is 5.56 Å². The van der Waals surface area contributed by atoms with Crippen LogP contribution in [-0.2, 0) is 11.3 Å². The number of morpholine rings is 1. The van der Waals surface area contributed by atoms with Gasteiger partial charge in [0.25, 0.3) is 0 Å². The fraction of sp³-hybridized carbons (Fsp3) is 0.562. The molecule has 2 rings (SSSR count). The molecule has 1 aliphatic rings. The fourth-order valence-electron chi connectivity index (χ4n) is 2.41. The first-order chi connectivity index (χ1) is 10.8. The van der Waals surface area contributed by atoms with E-state index in [1.54, 1.807) is 14.2 Å². The molecule has 0 atom stereocenters. The van der Waals surface area contributed by atoms with Gasteiger partial charge in [0.2, 0.25) is 0 Å². The van der Waals surface area contributed by atoms with Crippen molar-refractivity contribution in [2.45, 2.75) is 6.54 Å². The minimum Gasteiger partial charge on any atom is -0.496 e. The minimum absolute atomic E-state index is 0. The first kappa shape index (κ1) is 20.0. The molecular weight excluding hydrogens is 407 g/mol. The first-order valence-corrected chi connectivity index (χ1v) is 7.70. The number of methoxy groups -OCH3 is 1. The summed E-state index contributed by atoms with van der Waals surface area (Å²) in [6.45, 7) is 6.23. The van der Waals surface area contributed by atoms with Crippen molar-refractivity contribution in [2.75, 3.05) is 53.6 Å². The van der Waals surface area contributed by atoms with Crippen LogP contribution >= 0.6 is 24.0 Å². The van der Waals surface area contributed by atoms with Crippen molar-refractivity contribution >= 4 is 29.9 Å². The predicted molar refractivity (Wildman–Crippen MR) is 104 cm³/mol. The zero-order chi connectivity index (χ0) is 15.6. The van der Waals surface area contributed by atoms with E-state index < -0.39 is 0 Å². The lowest BCUT2D eigenvalue weighted by molar-refractivity contribution is 0.0389. The molecule has 0 saturated carbocycles. The van der Waals surface area contributed by atoms with E-state index in [4.69, 9.17) is 9.47 Å². The molecule has 0 bridgehead atoms. The van der Waals surface area contributed by atoms with Crippen molar-refractivity contribution in [2.24, 2.45) is 4.99 Å². The maximum Gasteiger partial charge on any atom is 0.191 e. The van der Waals surface area contributed by atoms with Gasteiger partial charge in [-0.2, -0.15) is 0 Å². The van der Waals surface area contributed by atoms with E-state index in [1.807, 2.05) is 24.3 Å². The van der Waals surface area contributed by atoms with Gasteiger partial charge in [-0.3, -0.25) is 9.89 Å². The van der Waals surface area contributed by atoms with Crippen LogP contribution in [0, 0.1) is 0 Å². The van der Waals surface area contributed by atoms with Gasteiger partial charge in [0.15, 0.2) is 5.96 Å². The van der Waals surface area contributed by atoms with Gasteiger partial charge in [-0.05, 0) is 6.07 Å². The summed E-state index contributed by atoms with van der Waals surface area (Å²) in [5, 5.41) is 6.65. The highest BCUT2D eigenvalue weighted by Gasteiger charge is 2.09. The molecule has 1 aromatic rings. The molecule has 1 heterocycles. The number of hydrogen-bond acceptors (Lipinski definition) is 4. The highest BCUT2D eigenvalue weighted by molar-refractivity contribution is 14.0. The van der Waals surface area contributed by atoms with Crippen molar-refractivity contribution in [3.05, 3.63) is 29.8 Å². The number of halogens is 1. The molecule has 23 heavy (non-hydrogen) atoms. The van der Waals surface area contributed by atoms with Crippen LogP contribution in [0.2, 0.25) is 0 Å².